The van der Waals surface area contributed by atoms with E-state index in [2.05, 4.69) is 81.1 Å². The minimum Gasteiger partial charge on any atom is -0.103 e. The molecule has 4 unspecified atom stereocenters. The van der Waals surface area contributed by atoms with Crippen molar-refractivity contribution in [1.29, 1.82) is 0 Å². The van der Waals surface area contributed by atoms with Gasteiger partial charge in [-0.3, -0.25) is 0 Å². The molecule has 0 radical (unpaired) electrons. The van der Waals surface area contributed by atoms with Crippen molar-refractivity contribution in [2.45, 2.75) is 33.1 Å². The van der Waals surface area contributed by atoms with E-state index in [1.807, 2.05) is 0 Å². The van der Waals surface area contributed by atoms with Crippen molar-refractivity contribution in [3.63, 3.8) is 0 Å². The molecule has 0 nitrogen and oxygen atoms in total. The molecule has 0 aromatic heterocycles. The molecule has 0 N–H and O–H groups in total. The first-order chi connectivity index (χ1) is 10.3. The minimum atomic E-state index is 0.561. The molecule has 0 heterocycles. The van der Waals surface area contributed by atoms with Crippen molar-refractivity contribution in [3.05, 3.63) is 72.9 Å². The van der Waals surface area contributed by atoms with Crippen LogP contribution in [0.3, 0.4) is 0 Å². The van der Waals surface area contributed by atoms with Gasteiger partial charge in [-0.15, -0.1) is 6.58 Å². The minimum absolute atomic E-state index is 0.561. The Labute approximate surface area is 130 Å². The highest BCUT2D eigenvalue weighted by Crippen LogP contribution is 2.36. The fourth-order valence-corrected chi connectivity index (χ4v) is 3.36. The summed E-state index contributed by atoms with van der Waals surface area (Å²) in [4.78, 5) is 0. The Morgan fingerprint density at radius 3 is 2.38 bits per heavy atom. The lowest BCUT2D eigenvalue weighted by molar-refractivity contribution is 0.270. The standard InChI is InChI=1S/C21H28/c1-4-17(3)20-13-9-10-14-21(20)19(5-2)16-15-18-11-7-6-8-12-18/h5-14,17,19-21H,2,4,15-16H2,1,3H3. The summed E-state index contributed by atoms with van der Waals surface area (Å²) in [5.41, 5.74) is 1.43. The summed E-state index contributed by atoms with van der Waals surface area (Å²) in [6.07, 6.45) is 15.0. The van der Waals surface area contributed by atoms with Gasteiger partial charge in [-0.2, -0.15) is 0 Å². The largest absolute Gasteiger partial charge is 0.103 e. The van der Waals surface area contributed by atoms with Crippen LogP contribution in [0.2, 0.25) is 0 Å². The summed E-state index contributed by atoms with van der Waals surface area (Å²) >= 11 is 0. The van der Waals surface area contributed by atoms with Gasteiger partial charge in [0.2, 0.25) is 0 Å². The number of benzene rings is 1. The molecular weight excluding hydrogens is 252 g/mol. The van der Waals surface area contributed by atoms with Crippen molar-refractivity contribution in [1.82, 2.24) is 0 Å². The van der Waals surface area contributed by atoms with Gasteiger partial charge in [-0.05, 0) is 42.1 Å². The van der Waals surface area contributed by atoms with Gasteiger partial charge in [-0.25, -0.2) is 0 Å². The van der Waals surface area contributed by atoms with Crippen molar-refractivity contribution in [3.8, 4) is 0 Å². The third-order valence-electron chi connectivity index (χ3n) is 4.93. The third-order valence-corrected chi connectivity index (χ3v) is 4.93. The van der Waals surface area contributed by atoms with Gasteiger partial charge in [0.15, 0.2) is 0 Å². The third kappa shape index (κ3) is 4.20. The number of aryl methyl sites for hydroxylation is 1. The van der Waals surface area contributed by atoms with E-state index in [1.54, 1.807) is 0 Å². The molecule has 112 valence electrons. The predicted molar refractivity (Wildman–Crippen MR) is 93.2 cm³/mol. The quantitative estimate of drug-likeness (QED) is 0.551. The van der Waals surface area contributed by atoms with Crippen LogP contribution >= 0.6 is 0 Å². The first kappa shape index (κ1) is 15.8. The van der Waals surface area contributed by atoms with Crippen LogP contribution in [0.4, 0.5) is 0 Å². The van der Waals surface area contributed by atoms with Crippen LogP contribution in [0, 0.1) is 23.7 Å². The Morgan fingerprint density at radius 1 is 1.10 bits per heavy atom. The molecule has 21 heavy (non-hydrogen) atoms. The molecule has 1 aliphatic carbocycles. The first-order valence-corrected chi connectivity index (χ1v) is 8.27. The summed E-state index contributed by atoms with van der Waals surface area (Å²) < 4.78 is 0. The molecular formula is C21H28. The molecule has 0 saturated heterocycles. The molecule has 0 fully saturated rings. The van der Waals surface area contributed by atoms with Crippen molar-refractivity contribution >= 4 is 0 Å². The van der Waals surface area contributed by atoms with Gasteiger partial charge in [0.05, 0.1) is 0 Å². The van der Waals surface area contributed by atoms with Gasteiger partial charge in [0.1, 0.15) is 0 Å². The molecule has 1 aromatic rings. The zero-order chi connectivity index (χ0) is 15.1. The summed E-state index contributed by atoms with van der Waals surface area (Å²) in [6, 6.07) is 10.8. The maximum atomic E-state index is 4.11. The second-order valence-corrected chi connectivity index (χ2v) is 6.23. The fourth-order valence-electron chi connectivity index (χ4n) is 3.36. The molecule has 0 heteroatoms. The highest BCUT2D eigenvalue weighted by atomic mass is 14.3. The SMILES string of the molecule is C=CC(CCc1ccccc1)C1C=CC=CC1C(C)CC. The van der Waals surface area contributed by atoms with E-state index in [9.17, 15) is 0 Å². The zero-order valence-corrected chi connectivity index (χ0v) is 13.4. The molecule has 0 aliphatic heterocycles. The number of allylic oxidation sites excluding steroid dienone is 5. The molecule has 0 amide bonds. The van der Waals surface area contributed by atoms with Crippen molar-refractivity contribution in [2.75, 3.05) is 0 Å². The van der Waals surface area contributed by atoms with E-state index >= 15 is 0 Å². The topological polar surface area (TPSA) is 0 Å². The average molecular weight is 280 g/mol. The summed E-state index contributed by atoms with van der Waals surface area (Å²) in [5, 5.41) is 0. The predicted octanol–water partition coefficient (Wildman–Crippen LogP) is 5.83. The molecule has 0 spiro atoms. The van der Waals surface area contributed by atoms with Gasteiger partial charge in [0.25, 0.3) is 0 Å². The van der Waals surface area contributed by atoms with Crippen molar-refractivity contribution in [2.24, 2.45) is 23.7 Å². The Balaban J connectivity index is 2.03. The molecule has 0 bridgehead atoms. The average Bonchev–Trinajstić information content (AvgIpc) is 2.56. The van der Waals surface area contributed by atoms with E-state index in [4.69, 9.17) is 0 Å². The lowest BCUT2D eigenvalue weighted by Crippen LogP contribution is -2.26. The highest BCUT2D eigenvalue weighted by Gasteiger charge is 2.28. The number of hydrogen-bond acceptors (Lipinski definition) is 0. The maximum absolute atomic E-state index is 4.11. The highest BCUT2D eigenvalue weighted by molar-refractivity contribution is 5.19. The van der Waals surface area contributed by atoms with E-state index in [0.717, 1.165) is 12.3 Å². The van der Waals surface area contributed by atoms with Gasteiger partial charge >= 0.3 is 0 Å². The van der Waals surface area contributed by atoms with Crippen molar-refractivity contribution < 1.29 is 0 Å². The van der Waals surface area contributed by atoms with Crippen LogP contribution in [0.5, 0.6) is 0 Å². The molecule has 2 rings (SSSR count). The number of hydrogen-bond donors (Lipinski definition) is 0. The molecule has 4 atom stereocenters. The molecule has 1 aromatic carbocycles. The second-order valence-electron chi connectivity index (χ2n) is 6.23. The Bertz CT molecular complexity index is 480. The Hall–Kier alpha value is -1.56. The summed E-state index contributed by atoms with van der Waals surface area (Å²) in [6.45, 7) is 8.78. The normalized spacial score (nSPS) is 23.7. The van der Waals surface area contributed by atoms with Gasteiger partial charge < -0.3 is 0 Å². The van der Waals surface area contributed by atoms with E-state index in [-0.39, 0.29) is 0 Å². The Kier molecular flexibility index (Phi) is 6.04. The van der Waals surface area contributed by atoms with Crippen LogP contribution in [0.15, 0.2) is 67.3 Å². The van der Waals surface area contributed by atoms with Gasteiger partial charge in [0, 0.05) is 0 Å². The first-order valence-electron chi connectivity index (χ1n) is 8.27. The smallest absolute Gasteiger partial charge is 0.0102 e. The summed E-state index contributed by atoms with van der Waals surface area (Å²) in [5.74, 6) is 2.55. The lowest BCUT2D eigenvalue weighted by Gasteiger charge is -2.33. The zero-order valence-electron chi connectivity index (χ0n) is 13.4. The van der Waals surface area contributed by atoms with Crippen LogP contribution in [-0.4, -0.2) is 0 Å². The van der Waals surface area contributed by atoms with E-state index in [0.29, 0.717) is 17.8 Å². The maximum Gasteiger partial charge on any atom is -0.0102 e. The van der Waals surface area contributed by atoms with Crippen LogP contribution in [0.1, 0.15) is 32.3 Å². The molecule has 1 aliphatic rings. The van der Waals surface area contributed by atoms with Gasteiger partial charge in [-0.1, -0.05) is 81.0 Å². The summed E-state index contributed by atoms with van der Waals surface area (Å²) in [7, 11) is 0. The Morgan fingerprint density at radius 2 is 1.76 bits per heavy atom. The van der Waals surface area contributed by atoms with Crippen LogP contribution in [-0.2, 0) is 6.42 Å². The number of rotatable bonds is 7. The fraction of sp³-hybridized carbons (Fsp3) is 0.429. The lowest BCUT2D eigenvalue weighted by atomic mass is 9.71. The second kappa shape index (κ2) is 8.02. The van der Waals surface area contributed by atoms with Crippen LogP contribution < -0.4 is 0 Å². The molecule has 0 saturated carbocycles. The van der Waals surface area contributed by atoms with Crippen LogP contribution in [0.25, 0.3) is 0 Å². The monoisotopic (exact) mass is 280 g/mol. The van der Waals surface area contributed by atoms with E-state index in [1.165, 1.54) is 18.4 Å². The van der Waals surface area contributed by atoms with E-state index < -0.39 is 0 Å².